The van der Waals surface area contributed by atoms with Gasteiger partial charge in [-0.05, 0) is 18.2 Å². The fourth-order valence-corrected chi connectivity index (χ4v) is 1.39. The summed E-state index contributed by atoms with van der Waals surface area (Å²) in [6.07, 6.45) is 0. The van der Waals surface area contributed by atoms with E-state index in [-0.39, 0.29) is 5.75 Å². The fourth-order valence-electron chi connectivity index (χ4n) is 1.39. The van der Waals surface area contributed by atoms with Crippen LogP contribution in [0.3, 0.4) is 0 Å². The molecule has 1 heterocycles. The highest BCUT2D eigenvalue weighted by atomic mass is 16.5. The zero-order valence-electron chi connectivity index (χ0n) is 8.53. The summed E-state index contributed by atoms with van der Waals surface area (Å²) < 4.78 is 9.99. The van der Waals surface area contributed by atoms with Crippen LogP contribution in [0, 0.1) is 0 Å². The molecule has 0 bridgehead atoms. The van der Waals surface area contributed by atoms with Crippen LogP contribution in [0.5, 0.6) is 5.75 Å². The van der Waals surface area contributed by atoms with E-state index in [1.54, 1.807) is 12.1 Å². The first kappa shape index (κ1) is 9.58. The van der Waals surface area contributed by atoms with Gasteiger partial charge < -0.3 is 14.5 Å². The molecule has 15 heavy (non-hydrogen) atoms. The van der Waals surface area contributed by atoms with Gasteiger partial charge in [0.05, 0.1) is 7.11 Å². The lowest BCUT2D eigenvalue weighted by atomic mass is 10.2. The Labute approximate surface area is 86.5 Å². The Kier molecular flexibility index (Phi) is 2.33. The smallest absolute Gasteiger partial charge is 0.379 e. The Bertz CT molecular complexity index is 545. The van der Waals surface area contributed by atoms with Crippen molar-refractivity contribution in [1.82, 2.24) is 0 Å². The first-order valence-corrected chi connectivity index (χ1v) is 4.54. The minimum atomic E-state index is -0.460. The topological polar surface area (TPSA) is 51.5 Å². The first-order valence-electron chi connectivity index (χ1n) is 4.54. The molecule has 0 spiro atoms. The standard InChI is InChI=1S/C11H11NO3/c1-12-8-4-3-7-5-10(14-2)11(13)15-9(7)6-8/h3-6,12H,1-2H3. The quantitative estimate of drug-likeness (QED) is 0.760. The molecular weight excluding hydrogens is 194 g/mol. The maximum Gasteiger partial charge on any atom is 0.379 e. The van der Waals surface area contributed by atoms with E-state index < -0.39 is 5.63 Å². The molecular formula is C11H11NO3. The summed E-state index contributed by atoms with van der Waals surface area (Å²) >= 11 is 0. The zero-order chi connectivity index (χ0) is 10.8. The van der Waals surface area contributed by atoms with Gasteiger partial charge in [-0.2, -0.15) is 0 Å². The van der Waals surface area contributed by atoms with E-state index in [2.05, 4.69) is 5.32 Å². The Morgan fingerprint density at radius 2 is 2.13 bits per heavy atom. The number of hydrogen-bond acceptors (Lipinski definition) is 4. The minimum Gasteiger partial charge on any atom is -0.490 e. The summed E-state index contributed by atoms with van der Waals surface area (Å²) in [6.45, 7) is 0. The Hall–Kier alpha value is -1.97. The lowest BCUT2D eigenvalue weighted by molar-refractivity contribution is 0.385. The summed E-state index contributed by atoms with van der Waals surface area (Å²) in [4.78, 5) is 11.4. The summed E-state index contributed by atoms with van der Waals surface area (Å²) in [5.74, 6) is 0.222. The molecule has 0 atom stereocenters. The van der Waals surface area contributed by atoms with Gasteiger partial charge in [0.2, 0.25) is 5.75 Å². The summed E-state index contributed by atoms with van der Waals surface area (Å²) in [5, 5.41) is 3.81. The fraction of sp³-hybridized carbons (Fsp3) is 0.182. The molecule has 4 nitrogen and oxygen atoms in total. The van der Waals surface area contributed by atoms with Crippen molar-refractivity contribution in [1.29, 1.82) is 0 Å². The molecule has 0 aliphatic carbocycles. The van der Waals surface area contributed by atoms with Crippen LogP contribution in [-0.2, 0) is 0 Å². The van der Waals surface area contributed by atoms with Crippen molar-refractivity contribution in [3.63, 3.8) is 0 Å². The molecule has 0 radical (unpaired) electrons. The maximum absolute atomic E-state index is 11.4. The van der Waals surface area contributed by atoms with E-state index in [9.17, 15) is 4.79 Å². The molecule has 0 saturated carbocycles. The van der Waals surface area contributed by atoms with Crippen LogP contribution < -0.4 is 15.7 Å². The molecule has 78 valence electrons. The van der Waals surface area contributed by atoms with Gasteiger partial charge >= 0.3 is 5.63 Å². The van der Waals surface area contributed by atoms with Crippen LogP contribution in [0.25, 0.3) is 11.0 Å². The van der Waals surface area contributed by atoms with Crippen LogP contribution in [0.4, 0.5) is 5.69 Å². The van der Waals surface area contributed by atoms with Gasteiger partial charge in [0.1, 0.15) is 5.58 Å². The van der Waals surface area contributed by atoms with Crippen molar-refractivity contribution in [2.24, 2.45) is 0 Å². The number of hydrogen-bond donors (Lipinski definition) is 1. The number of anilines is 1. The van der Waals surface area contributed by atoms with Crippen molar-refractivity contribution in [3.05, 3.63) is 34.7 Å². The van der Waals surface area contributed by atoms with Crippen LogP contribution in [0.2, 0.25) is 0 Å². The van der Waals surface area contributed by atoms with E-state index in [1.807, 2.05) is 19.2 Å². The Balaban J connectivity index is 2.70. The highest BCUT2D eigenvalue weighted by molar-refractivity contribution is 5.81. The molecule has 1 N–H and O–H groups in total. The second-order valence-corrected chi connectivity index (χ2v) is 3.10. The number of ether oxygens (including phenoxy) is 1. The van der Waals surface area contributed by atoms with Gasteiger partial charge in [-0.3, -0.25) is 0 Å². The molecule has 0 aliphatic heterocycles. The van der Waals surface area contributed by atoms with Crippen LogP contribution >= 0.6 is 0 Å². The average molecular weight is 205 g/mol. The Morgan fingerprint density at radius 1 is 1.33 bits per heavy atom. The molecule has 0 aliphatic rings. The summed E-state index contributed by atoms with van der Waals surface area (Å²) in [5.41, 5.74) is 0.988. The van der Waals surface area contributed by atoms with E-state index in [1.165, 1.54) is 7.11 Å². The number of fused-ring (bicyclic) bond motifs is 1. The third kappa shape index (κ3) is 1.66. The molecule has 0 fully saturated rings. The highest BCUT2D eigenvalue weighted by Crippen LogP contribution is 2.20. The second kappa shape index (κ2) is 3.65. The van der Waals surface area contributed by atoms with Gasteiger partial charge in [0.25, 0.3) is 0 Å². The first-order chi connectivity index (χ1) is 7.24. The number of benzene rings is 1. The van der Waals surface area contributed by atoms with Gasteiger partial charge in [0.15, 0.2) is 0 Å². The molecule has 0 saturated heterocycles. The van der Waals surface area contributed by atoms with Gasteiger partial charge in [-0.15, -0.1) is 0 Å². The number of methoxy groups -OCH3 is 1. The SMILES string of the molecule is CNc1ccc2cc(OC)c(=O)oc2c1. The van der Waals surface area contributed by atoms with Crippen molar-refractivity contribution < 1.29 is 9.15 Å². The largest absolute Gasteiger partial charge is 0.490 e. The third-order valence-electron chi connectivity index (χ3n) is 2.21. The number of nitrogens with one attached hydrogen (secondary N) is 1. The summed E-state index contributed by atoms with van der Waals surface area (Å²) in [6, 6.07) is 7.21. The molecule has 4 heteroatoms. The maximum atomic E-state index is 11.4. The van der Waals surface area contributed by atoms with E-state index in [4.69, 9.17) is 9.15 Å². The molecule has 0 amide bonds. The van der Waals surface area contributed by atoms with Crippen molar-refractivity contribution in [3.8, 4) is 5.75 Å². The monoisotopic (exact) mass is 205 g/mol. The zero-order valence-corrected chi connectivity index (χ0v) is 8.53. The highest BCUT2D eigenvalue weighted by Gasteiger charge is 2.04. The van der Waals surface area contributed by atoms with Crippen molar-refractivity contribution in [2.45, 2.75) is 0 Å². The van der Waals surface area contributed by atoms with E-state index in [0.29, 0.717) is 5.58 Å². The molecule has 1 aromatic carbocycles. The normalized spacial score (nSPS) is 10.3. The second-order valence-electron chi connectivity index (χ2n) is 3.10. The molecule has 0 unspecified atom stereocenters. The minimum absolute atomic E-state index is 0.222. The van der Waals surface area contributed by atoms with E-state index in [0.717, 1.165) is 11.1 Å². The predicted molar refractivity (Wildman–Crippen MR) is 58.6 cm³/mol. The van der Waals surface area contributed by atoms with Crippen molar-refractivity contribution in [2.75, 3.05) is 19.5 Å². The molecule has 1 aromatic heterocycles. The van der Waals surface area contributed by atoms with Crippen LogP contribution in [0.15, 0.2) is 33.5 Å². The average Bonchev–Trinajstić information content (AvgIpc) is 2.27. The van der Waals surface area contributed by atoms with E-state index >= 15 is 0 Å². The summed E-state index contributed by atoms with van der Waals surface area (Å²) in [7, 11) is 3.25. The van der Waals surface area contributed by atoms with Crippen LogP contribution in [-0.4, -0.2) is 14.2 Å². The van der Waals surface area contributed by atoms with Gasteiger partial charge in [-0.1, -0.05) is 0 Å². The lowest BCUT2D eigenvalue weighted by Crippen LogP contribution is -2.03. The Morgan fingerprint density at radius 3 is 2.80 bits per heavy atom. The molecule has 2 rings (SSSR count). The lowest BCUT2D eigenvalue weighted by Gasteiger charge is -2.03. The van der Waals surface area contributed by atoms with Crippen molar-refractivity contribution >= 4 is 16.7 Å². The molecule has 2 aromatic rings. The van der Waals surface area contributed by atoms with Crippen LogP contribution in [0.1, 0.15) is 0 Å². The predicted octanol–water partition coefficient (Wildman–Crippen LogP) is 1.84. The van der Waals surface area contributed by atoms with Gasteiger partial charge in [0, 0.05) is 24.2 Å². The number of rotatable bonds is 2. The third-order valence-corrected chi connectivity index (χ3v) is 2.21. The van der Waals surface area contributed by atoms with Gasteiger partial charge in [-0.25, -0.2) is 4.79 Å².